The third-order valence-electron chi connectivity index (χ3n) is 4.44. The number of nitriles is 1. The minimum Gasteiger partial charge on any atom is -0.389 e. The van der Waals surface area contributed by atoms with E-state index in [9.17, 15) is 18.8 Å². The summed E-state index contributed by atoms with van der Waals surface area (Å²) in [6.07, 6.45) is 6.57. The summed E-state index contributed by atoms with van der Waals surface area (Å²) < 4.78 is 24.8. The number of rotatable bonds is 4. The van der Waals surface area contributed by atoms with Gasteiger partial charge >= 0.3 is 0 Å². The van der Waals surface area contributed by atoms with Gasteiger partial charge in [0.2, 0.25) is 0 Å². The highest BCUT2D eigenvalue weighted by Crippen LogP contribution is 2.23. The maximum Gasteiger partial charge on any atom is 0.192 e. The van der Waals surface area contributed by atoms with E-state index in [1.54, 1.807) is 42.1 Å². The normalized spacial score (nSPS) is 19.8. The van der Waals surface area contributed by atoms with Crippen molar-refractivity contribution >= 4 is 21.4 Å². The monoisotopic (exact) mass is 384 g/mol. The van der Waals surface area contributed by atoms with Crippen molar-refractivity contribution < 1.29 is 13.5 Å². The highest BCUT2D eigenvalue weighted by molar-refractivity contribution is 7.91. The van der Waals surface area contributed by atoms with E-state index in [2.05, 4.69) is 16.2 Å². The lowest BCUT2D eigenvalue weighted by Crippen LogP contribution is -2.21. The standard InChI is InChI=1S/C19H20N4O3S/c1-13(24)14-3-7-17(8-4-14)23-12-15(11-20)19(22-23)21-16-5-9-18(10-6-16)27(2,25)26/h3-5,7-9,12-13,18,24H,6,10H2,1-2H3. The van der Waals surface area contributed by atoms with E-state index in [-0.39, 0.29) is 0 Å². The van der Waals surface area contributed by atoms with Gasteiger partial charge in [-0.25, -0.2) is 18.1 Å². The minimum atomic E-state index is -3.11. The number of hydrogen-bond donors (Lipinski definition) is 1. The molecule has 2 unspecified atom stereocenters. The molecule has 0 aliphatic heterocycles. The number of aliphatic imine (C=N–C) groups is 1. The smallest absolute Gasteiger partial charge is 0.192 e. The summed E-state index contributed by atoms with van der Waals surface area (Å²) in [7, 11) is -3.11. The zero-order chi connectivity index (χ0) is 19.6. The molecule has 1 aromatic carbocycles. The quantitative estimate of drug-likeness (QED) is 0.872. The van der Waals surface area contributed by atoms with Crippen molar-refractivity contribution in [3.05, 3.63) is 53.7 Å². The molecule has 1 heterocycles. The van der Waals surface area contributed by atoms with Gasteiger partial charge in [-0.05, 0) is 43.5 Å². The number of nitrogens with zero attached hydrogens (tertiary/aromatic N) is 4. The van der Waals surface area contributed by atoms with Gasteiger partial charge in [0.1, 0.15) is 11.6 Å². The molecule has 0 spiro atoms. The third-order valence-corrected chi connectivity index (χ3v) is 5.94. The summed E-state index contributed by atoms with van der Waals surface area (Å²) in [6, 6.07) is 9.31. The number of aliphatic hydroxyl groups excluding tert-OH is 1. The highest BCUT2D eigenvalue weighted by atomic mass is 32.2. The summed E-state index contributed by atoms with van der Waals surface area (Å²) in [5.74, 6) is 0.301. The van der Waals surface area contributed by atoms with E-state index >= 15 is 0 Å². The molecular formula is C19H20N4O3S. The molecule has 1 aliphatic rings. The number of aliphatic hydroxyl groups is 1. The molecule has 0 amide bonds. The second-order valence-electron chi connectivity index (χ2n) is 6.56. The molecule has 140 valence electrons. The Kier molecular flexibility index (Phi) is 5.26. The Balaban J connectivity index is 1.89. The zero-order valence-corrected chi connectivity index (χ0v) is 15.9. The number of allylic oxidation sites excluding steroid dienone is 1. The Bertz CT molecular complexity index is 1040. The fourth-order valence-corrected chi connectivity index (χ4v) is 3.75. The zero-order valence-electron chi connectivity index (χ0n) is 15.1. The molecule has 7 nitrogen and oxygen atoms in total. The molecule has 1 aliphatic carbocycles. The summed E-state index contributed by atoms with van der Waals surface area (Å²) in [6.45, 7) is 1.69. The molecule has 27 heavy (non-hydrogen) atoms. The van der Waals surface area contributed by atoms with Crippen LogP contribution in [0, 0.1) is 11.3 Å². The molecular weight excluding hydrogens is 364 g/mol. The number of hydrogen-bond acceptors (Lipinski definition) is 6. The first kappa shape index (κ1) is 19.0. The van der Waals surface area contributed by atoms with Gasteiger partial charge in [-0.3, -0.25) is 0 Å². The van der Waals surface area contributed by atoms with Gasteiger partial charge in [-0.15, -0.1) is 5.10 Å². The van der Waals surface area contributed by atoms with Crippen molar-refractivity contribution in [2.24, 2.45) is 4.99 Å². The molecule has 0 fully saturated rings. The van der Waals surface area contributed by atoms with Crippen LogP contribution in [0.4, 0.5) is 5.82 Å². The maximum absolute atomic E-state index is 11.6. The second kappa shape index (κ2) is 7.47. The Hall–Kier alpha value is -2.76. The molecule has 0 saturated heterocycles. The Morgan fingerprint density at radius 1 is 1.37 bits per heavy atom. The molecule has 1 N–H and O–H groups in total. The van der Waals surface area contributed by atoms with Crippen molar-refractivity contribution in [1.82, 2.24) is 9.78 Å². The van der Waals surface area contributed by atoms with Crippen molar-refractivity contribution in [2.75, 3.05) is 6.26 Å². The van der Waals surface area contributed by atoms with E-state index in [1.165, 1.54) is 6.26 Å². The Morgan fingerprint density at radius 3 is 2.59 bits per heavy atom. The van der Waals surface area contributed by atoms with E-state index < -0.39 is 21.2 Å². The van der Waals surface area contributed by atoms with Crippen LogP contribution in [0.5, 0.6) is 0 Å². The second-order valence-corrected chi connectivity index (χ2v) is 8.82. The largest absolute Gasteiger partial charge is 0.389 e. The van der Waals surface area contributed by atoms with E-state index in [0.29, 0.717) is 29.9 Å². The first-order valence-electron chi connectivity index (χ1n) is 8.50. The van der Waals surface area contributed by atoms with E-state index in [1.807, 2.05) is 12.1 Å². The first-order valence-corrected chi connectivity index (χ1v) is 10.5. The average molecular weight is 384 g/mol. The first-order chi connectivity index (χ1) is 12.8. The van der Waals surface area contributed by atoms with Crippen LogP contribution in [0.25, 0.3) is 5.69 Å². The molecule has 0 radical (unpaired) electrons. The SMILES string of the molecule is CC(O)c1ccc(-n2cc(C#N)c(N=C3C=CC(S(C)(=O)=O)CC3)n2)cc1. The molecule has 2 aromatic rings. The molecule has 2 atom stereocenters. The lowest BCUT2D eigenvalue weighted by Gasteiger charge is -2.15. The van der Waals surface area contributed by atoms with Crippen LogP contribution >= 0.6 is 0 Å². The summed E-state index contributed by atoms with van der Waals surface area (Å²) >= 11 is 0. The van der Waals surface area contributed by atoms with Gasteiger partial charge in [-0.2, -0.15) is 5.26 Å². The van der Waals surface area contributed by atoms with Gasteiger partial charge in [0.15, 0.2) is 15.7 Å². The van der Waals surface area contributed by atoms with Crippen LogP contribution < -0.4 is 0 Å². The number of benzene rings is 1. The lowest BCUT2D eigenvalue weighted by atomic mass is 10.1. The molecule has 3 rings (SSSR count). The predicted molar refractivity (Wildman–Crippen MR) is 103 cm³/mol. The van der Waals surface area contributed by atoms with Crippen molar-refractivity contribution in [3.8, 4) is 11.8 Å². The maximum atomic E-state index is 11.6. The summed E-state index contributed by atoms with van der Waals surface area (Å²) in [5.41, 5.74) is 2.57. The van der Waals surface area contributed by atoms with E-state index in [4.69, 9.17) is 0 Å². The van der Waals surface area contributed by atoms with Crippen LogP contribution in [0.2, 0.25) is 0 Å². The van der Waals surface area contributed by atoms with Crippen molar-refractivity contribution in [1.29, 1.82) is 5.26 Å². The average Bonchev–Trinajstić information content (AvgIpc) is 3.04. The van der Waals surface area contributed by atoms with Gasteiger partial charge in [0, 0.05) is 12.0 Å². The fourth-order valence-electron chi connectivity index (χ4n) is 2.84. The van der Waals surface area contributed by atoms with Crippen LogP contribution in [0.1, 0.15) is 37.0 Å². The highest BCUT2D eigenvalue weighted by Gasteiger charge is 2.21. The van der Waals surface area contributed by atoms with Crippen LogP contribution in [0.15, 0.2) is 47.6 Å². The number of sulfone groups is 1. The topological polar surface area (TPSA) is 108 Å². The Labute approximate surface area is 158 Å². The molecule has 0 bridgehead atoms. The van der Waals surface area contributed by atoms with Crippen molar-refractivity contribution in [2.45, 2.75) is 31.1 Å². The van der Waals surface area contributed by atoms with Gasteiger partial charge in [0.05, 0.1) is 23.2 Å². The van der Waals surface area contributed by atoms with Gasteiger partial charge < -0.3 is 5.11 Å². The predicted octanol–water partition coefficient (Wildman–Crippen LogP) is 2.63. The Morgan fingerprint density at radius 2 is 2.07 bits per heavy atom. The molecule has 8 heteroatoms. The van der Waals surface area contributed by atoms with Crippen LogP contribution in [0.3, 0.4) is 0 Å². The van der Waals surface area contributed by atoms with Crippen molar-refractivity contribution in [3.63, 3.8) is 0 Å². The third kappa shape index (κ3) is 4.32. The summed E-state index contributed by atoms with van der Waals surface area (Å²) in [5, 5.41) is 22.9. The van der Waals surface area contributed by atoms with Crippen LogP contribution in [-0.4, -0.2) is 40.5 Å². The van der Waals surface area contributed by atoms with Gasteiger partial charge in [-0.1, -0.05) is 18.2 Å². The molecule has 1 aromatic heterocycles. The summed E-state index contributed by atoms with van der Waals surface area (Å²) in [4.78, 5) is 4.44. The molecule has 0 saturated carbocycles. The minimum absolute atomic E-state index is 0.301. The van der Waals surface area contributed by atoms with Crippen LogP contribution in [-0.2, 0) is 9.84 Å². The van der Waals surface area contributed by atoms with Gasteiger partial charge in [0.25, 0.3) is 0 Å². The fraction of sp³-hybridized carbons (Fsp3) is 0.316. The number of aromatic nitrogens is 2. The lowest BCUT2D eigenvalue weighted by molar-refractivity contribution is 0.199. The van der Waals surface area contributed by atoms with E-state index in [0.717, 1.165) is 11.3 Å².